The van der Waals surface area contributed by atoms with Crippen LogP contribution in [0.25, 0.3) is 11.2 Å². The maximum absolute atomic E-state index is 12.7. The number of nitrogens with one attached hydrogen (secondary N) is 2. The van der Waals surface area contributed by atoms with Crippen LogP contribution in [0.5, 0.6) is 0 Å². The highest BCUT2D eigenvalue weighted by atomic mass is 32.2. The summed E-state index contributed by atoms with van der Waals surface area (Å²) < 4.78 is 62.0. The summed E-state index contributed by atoms with van der Waals surface area (Å²) in [6.45, 7) is 0.460. The van der Waals surface area contributed by atoms with Crippen LogP contribution < -0.4 is 16.4 Å². The maximum atomic E-state index is 12.7. The number of phosphoric ester groups is 3. The summed E-state index contributed by atoms with van der Waals surface area (Å²) in [5.41, 5.74) is 4.25. The third-order valence-electron chi connectivity index (χ3n) is 7.47. The molecule has 0 radical (unpaired) electrons. The van der Waals surface area contributed by atoms with Crippen LogP contribution in [0.3, 0.4) is 0 Å². The Bertz CT molecular complexity index is 1860. The minimum absolute atomic E-state index is 0.0284. The Balaban J connectivity index is 1.49. The van der Waals surface area contributed by atoms with Crippen LogP contribution in [0.15, 0.2) is 12.7 Å². The monoisotopic (exact) mass is 861 g/mol. The maximum Gasteiger partial charge on any atom is 0.481 e. The van der Waals surface area contributed by atoms with Gasteiger partial charge in [0.2, 0.25) is 11.8 Å². The average Bonchev–Trinajstić information content (AvgIpc) is 3.64. The molecule has 0 bridgehead atoms. The Labute approximate surface area is 317 Å². The van der Waals surface area contributed by atoms with Crippen molar-refractivity contribution >= 4 is 69.1 Å². The molecule has 0 saturated carbocycles. The van der Waals surface area contributed by atoms with Crippen molar-refractivity contribution in [3.05, 3.63) is 12.7 Å². The van der Waals surface area contributed by atoms with Crippen LogP contribution in [0.4, 0.5) is 5.82 Å². The van der Waals surface area contributed by atoms with Crippen LogP contribution in [0.2, 0.25) is 0 Å². The van der Waals surface area contributed by atoms with Gasteiger partial charge in [-0.05, 0) is 6.42 Å². The standard InChI is InChI=1S/C27H42N7O17P3S/c1-4-5-6-7-18(36)55-11-10-29-17(35)8-9-30-25(39)22(38)27(2,3)13-48-54(45,46)51-53(43,44)47-12-16-21(50-52(40,41)42)20(37)26(49-16)34-15-33-19-23(28)31-14-32-24(19)34/h1,14-16,20-22,26,37-38H,5-13H2,2-3H3,(H,29,35)(H,30,39)(H,43,44)(H,45,46)(H2,28,31,32)(H2,40,41,42). The first kappa shape index (κ1) is 46.5. The summed E-state index contributed by atoms with van der Waals surface area (Å²) >= 11 is 1.05. The normalized spacial score (nSPS) is 21.7. The molecule has 2 aromatic heterocycles. The van der Waals surface area contributed by atoms with Gasteiger partial charge in [0.15, 0.2) is 22.8 Å². The topological polar surface area (TPSA) is 364 Å². The number of anilines is 1. The minimum Gasteiger partial charge on any atom is -0.386 e. The molecular formula is C27H42N7O17P3S. The van der Waals surface area contributed by atoms with Crippen LogP contribution in [-0.2, 0) is 50.7 Å². The number of carbonyl (C=O) groups excluding carboxylic acids is 3. The first-order valence-electron chi connectivity index (χ1n) is 16.0. The second-order valence-corrected chi connectivity index (χ2v) is 17.7. The number of nitrogens with zero attached hydrogens (tertiary/aromatic N) is 4. The second-order valence-electron chi connectivity index (χ2n) is 12.3. The molecule has 2 aromatic rings. The Morgan fingerprint density at radius 2 is 1.78 bits per heavy atom. The lowest BCUT2D eigenvalue weighted by atomic mass is 9.87. The fourth-order valence-electron chi connectivity index (χ4n) is 4.70. The van der Waals surface area contributed by atoms with Gasteiger partial charge in [-0.3, -0.25) is 32.5 Å². The number of carbonyl (C=O) groups is 3. The quantitative estimate of drug-likeness (QED) is 0.0408. The molecule has 1 fully saturated rings. The van der Waals surface area contributed by atoms with Crippen molar-refractivity contribution in [2.45, 2.75) is 70.2 Å². The van der Waals surface area contributed by atoms with E-state index in [1.807, 2.05) is 0 Å². The number of fused-ring (bicyclic) bond motifs is 1. The molecule has 3 rings (SSSR count). The van der Waals surface area contributed by atoms with Crippen molar-refractivity contribution in [1.82, 2.24) is 30.2 Å². The van der Waals surface area contributed by atoms with Gasteiger partial charge in [0.1, 0.15) is 36.3 Å². The van der Waals surface area contributed by atoms with Gasteiger partial charge < -0.3 is 50.9 Å². The fourth-order valence-corrected chi connectivity index (χ4v) is 8.25. The van der Waals surface area contributed by atoms with E-state index in [-0.39, 0.29) is 41.6 Å². The van der Waals surface area contributed by atoms with Gasteiger partial charge in [0.25, 0.3) is 0 Å². The zero-order valence-electron chi connectivity index (χ0n) is 29.3. The Morgan fingerprint density at radius 1 is 1.09 bits per heavy atom. The number of aliphatic hydroxyl groups is 2. The van der Waals surface area contributed by atoms with Crippen molar-refractivity contribution in [2.75, 3.05) is 37.8 Å². The van der Waals surface area contributed by atoms with Gasteiger partial charge in [-0.2, -0.15) is 4.31 Å². The van der Waals surface area contributed by atoms with E-state index in [0.717, 1.165) is 29.0 Å². The van der Waals surface area contributed by atoms with Crippen LogP contribution in [0, 0.1) is 17.8 Å². The number of phosphoric acid groups is 3. The molecule has 28 heteroatoms. The molecule has 10 N–H and O–H groups in total. The Kier molecular flexibility index (Phi) is 16.9. The van der Waals surface area contributed by atoms with E-state index in [0.29, 0.717) is 25.0 Å². The van der Waals surface area contributed by atoms with Gasteiger partial charge in [-0.25, -0.2) is 28.6 Å². The van der Waals surface area contributed by atoms with Crippen molar-refractivity contribution in [3.63, 3.8) is 0 Å². The number of aliphatic hydroxyl groups excluding tert-OH is 2. The van der Waals surface area contributed by atoms with Crippen molar-refractivity contribution < 1.29 is 80.5 Å². The molecule has 2 amide bonds. The number of nitrogens with two attached hydrogens (primary N) is 1. The molecule has 0 aromatic carbocycles. The number of hydrogen-bond acceptors (Lipinski definition) is 18. The minimum atomic E-state index is -5.57. The SMILES string of the molecule is C#CCCCC(=O)SCCNC(=O)CCNC(=O)C(O)C(C)(C)COP(=O)(O)OP(=O)(O)OCC1OC(n2cnc3c(N)ncnc32)C(O)C1OP(=O)(O)O. The third-order valence-corrected chi connectivity index (χ3v) is 11.5. The summed E-state index contributed by atoms with van der Waals surface area (Å²) in [7, 11) is -16.4. The summed E-state index contributed by atoms with van der Waals surface area (Å²) in [5, 5.41) is 26.2. The molecule has 0 spiro atoms. The van der Waals surface area contributed by atoms with Crippen molar-refractivity contribution in [1.29, 1.82) is 0 Å². The molecule has 1 aliphatic heterocycles. The van der Waals surface area contributed by atoms with E-state index < -0.39 is 84.6 Å². The number of aromatic nitrogens is 4. The zero-order valence-corrected chi connectivity index (χ0v) is 32.8. The number of terminal acetylenes is 1. The van der Waals surface area contributed by atoms with E-state index in [4.69, 9.17) is 25.9 Å². The van der Waals surface area contributed by atoms with E-state index in [9.17, 15) is 57.9 Å². The Hall–Kier alpha value is -2.88. The molecule has 1 aliphatic rings. The smallest absolute Gasteiger partial charge is 0.386 e. The molecule has 24 nitrogen and oxygen atoms in total. The zero-order chi connectivity index (χ0) is 41.2. The van der Waals surface area contributed by atoms with E-state index >= 15 is 0 Å². The first-order valence-corrected chi connectivity index (χ1v) is 21.5. The number of unbranched alkanes of at least 4 members (excludes halogenated alkanes) is 1. The molecule has 0 aliphatic carbocycles. The average molecular weight is 862 g/mol. The fraction of sp³-hybridized carbons (Fsp3) is 0.630. The van der Waals surface area contributed by atoms with Crippen LogP contribution in [-0.4, -0.2) is 123 Å². The number of rotatable bonds is 22. The van der Waals surface area contributed by atoms with Gasteiger partial charge >= 0.3 is 23.5 Å². The number of nitrogen functional groups attached to an aromatic ring is 1. The van der Waals surface area contributed by atoms with Crippen LogP contribution >= 0.6 is 35.2 Å². The highest BCUT2D eigenvalue weighted by Crippen LogP contribution is 2.61. The molecule has 3 heterocycles. The van der Waals surface area contributed by atoms with Crippen molar-refractivity contribution in [2.24, 2.45) is 5.41 Å². The van der Waals surface area contributed by atoms with Gasteiger partial charge in [0.05, 0.1) is 19.5 Å². The second kappa shape index (κ2) is 20.0. The highest BCUT2D eigenvalue weighted by Gasteiger charge is 2.50. The highest BCUT2D eigenvalue weighted by molar-refractivity contribution is 8.13. The van der Waals surface area contributed by atoms with E-state index in [1.54, 1.807) is 0 Å². The number of ether oxygens (including phenoxy) is 1. The molecule has 7 atom stereocenters. The number of amides is 2. The van der Waals surface area contributed by atoms with E-state index in [1.165, 1.54) is 13.8 Å². The van der Waals surface area contributed by atoms with Gasteiger partial charge in [-0.15, -0.1) is 12.3 Å². The van der Waals surface area contributed by atoms with E-state index in [2.05, 4.69) is 40.3 Å². The van der Waals surface area contributed by atoms with Gasteiger partial charge in [0, 0.05) is 43.5 Å². The van der Waals surface area contributed by atoms with Gasteiger partial charge in [-0.1, -0.05) is 25.6 Å². The molecular weight excluding hydrogens is 819 g/mol. The molecule has 55 heavy (non-hydrogen) atoms. The summed E-state index contributed by atoms with van der Waals surface area (Å²) in [6.07, 6.45) is -0.402. The number of thioether (sulfide) groups is 1. The predicted octanol–water partition coefficient (Wildman–Crippen LogP) is -0.532. The lowest BCUT2D eigenvalue weighted by Gasteiger charge is -2.30. The third kappa shape index (κ3) is 14.5. The summed E-state index contributed by atoms with van der Waals surface area (Å²) in [6, 6.07) is 0. The molecule has 1 saturated heterocycles. The van der Waals surface area contributed by atoms with Crippen LogP contribution in [0.1, 0.15) is 45.8 Å². The predicted molar refractivity (Wildman–Crippen MR) is 190 cm³/mol. The molecule has 308 valence electrons. The van der Waals surface area contributed by atoms with Crippen molar-refractivity contribution in [3.8, 4) is 12.3 Å². The number of imidazole rings is 1. The Morgan fingerprint density at radius 3 is 2.45 bits per heavy atom. The largest absolute Gasteiger partial charge is 0.481 e. The first-order chi connectivity index (χ1) is 25.6. The molecule has 7 unspecified atom stereocenters. The summed E-state index contributed by atoms with van der Waals surface area (Å²) in [5.74, 6) is 1.30. The summed E-state index contributed by atoms with van der Waals surface area (Å²) in [4.78, 5) is 87.1. The lowest BCUT2D eigenvalue weighted by molar-refractivity contribution is -0.137. The lowest BCUT2D eigenvalue weighted by Crippen LogP contribution is -2.46. The number of hydrogen-bond donors (Lipinski definition) is 9.